The van der Waals surface area contributed by atoms with Crippen LogP contribution in [0.15, 0.2) is 85.2 Å². The van der Waals surface area contributed by atoms with Crippen LogP contribution in [0.4, 0.5) is 15.8 Å². The summed E-state index contributed by atoms with van der Waals surface area (Å²) in [5.41, 5.74) is 4.64. The molecule has 10 heteroatoms. The number of hydrogen-bond acceptors (Lipinski definition) is 4. The van der Waals surface area contributed by atoms with E-state index in [1.165, 1.54) is 12.1 Å². The highest BCUT2D eigenvalue weighted by atomic mass is 32.2. The standard InChI is InChI=1S/C26H24FN5O2S2/c1-17-16-20(12-13-21(17)30-36(2,33)34)32-25(24(29-26(32)35)22-6-3-4-14-28-22)23-7-5-15-31(23)19-10-8-18(27)9-11-19/h3-16,24-25,30H,1-2H3,(H,29,35)/t24-,25+/m0/s1. The van der Waals surface area contributed by atoms with Crippen LogP contribution >= 0.6 is 12.2 Å². The smallest absolute Gasteiger partial charge is 0.229 e. The highest BCUT2D eigenvalue weighted by Crippen LogP contribution is 2.42. The zero-order valence-electron chi connectivity index (χ0n) is 19.6. The fourth-order valence-corrected chi connectivity index (χ4v) is 5.49. The number of sulfonamides is 1. The van der Waals surface area contributed by atoms with Gasteiger partial charge in [0.2, 0.25) is 10.0 Å². The second kappa shape index (κ2) is 9.36. The minimum absolute atomic E-state index is 0.262. The maximum atomic E-state index is 13.6. The molecule has 184 valence electrons. The number of rotatable bonds is 6. The number of benzene rings is 2. The Labute approximate surface area is 214 Å². The van der Waals surface area contributed by atoms with Gasteiger partial charge in [-0.15, -0.1) is 0 Å². The second-order valence-corrected chi connectivity index (χ2v) is 10.8. The molecule has 1 aliphatic rings. The zero-order chi connectivity index (χ0) is 25.4. The van der Waals surface area contributed by atoms with Gasteiger partial charge in [0.1, 0.15) is 11.9 Å². The molecule has 1 saturated heterocycles. The first-order valence-corrected chi connectivity index (χ1v) is 13.5. The maximum absolute atomic E-state index is 13.6. The number of aromatic nitrogens is 2. The summed E-state index contributed by atoms with van der Waals surface area (Å²) in [6.45, 7) is 1.84. The first kappa shape index (κ1) is 24.0. The Morgan fingerprint density at radius 3 is 2.44 bits per heavy atom. The van der Waals surface area contributed by atoms with Crippen LogP contribution in [0.5, 0.6) is 0 Å². The molecule has 1 fully saturated rings. The van der Waals surface area contributed by atoms with Gasteiger partial charge in [-0.3, -0.25) is 9.71 Å². The molecule has 3 heterocycles. The van der Waals surface area contributed by atoms with Crippen molar-refractivity contribution in [3.05, 3.63) is 108 Å². The quantitative estimate of drug-likeness (QED) is 0.353. The van der Waals surface area contributed by atoms with Crippen molar-refractivity contribution in [1.29, 1.82) is 0 Å². The van der Waals surface area contributed by atoms with E-state index in [1.807, 2.05) is 65.1 Å². The molecular weight excluding hydrogens is 497 g/mol. The lowest BCUT2D eigenvalue weighted by atomic mass is 10.0. The molecule has 0 aliphatic carbocycles. The molecule has 2 aromatic heterocycles. The minimum Gasteiger partial charge on any atom is -0.351 e. The molecule has 2 atom stereocenters. The molecule has 0 saturated carbocycles. The van der Waals surface area contributed by atoms with Crippen molar-refractivity contribution in [3.8, 4) is 5.69 Å². The van der Waals surface area contributed by atoms with Gasteiger partial charge in [0.25, 0.3) is 0 Å². The summed E-state index contributed by atoms with van der Waals surface area (Å²) in [5, 5.41) is 3.95. The third kappa shape index (κ3) is 4.69. The largest absolute Gasteiger partial charge is 0.351 e. The third-order valence-corrected chi connectivity index (χ3v) is 6.97. The Hall–Kier alpha value is -3.76. The molecule has 7 nitrogen and oxygen atoms in total. The molecule has 0 bridgehead atoms. The number of aryl methyl sites for hydroxylation is 1. The molecule has 5 rings (SSSR count). The Balaban J connectivity index is 1.63. The molecule has 4 aromatic rings. The first-order chi connectivity index (χ1) is 17.2. The highest BCUT2D eigenvalue weighted by molar-refractivity contribution is 7.92. The molecule has 0 amide bonds. The number of nitrogens with one attached hydrogen (secondary N) is 2. The van der Waals surface area contributed by atoms with Gasteiger partial charge in [0.15, 0.2) is 5.11 Å². The summed E-state index contributed by atoms with van der Waals surface area (Å²) in [7, 11) is -3.41. The minimum atomic E-state index is -3.41. The molecule has 0 radical (unpaired) electrons. The van der Waals surface area contributed by atoms with Gasteiger partial charge in [-0.25, -0.2) is 12.8 Å². The van der Waals surface area contributed by atoms with E-state index >= 15 is 0 Å². The van der Waals surface area contributed by atoms with E-state index in [4.69, 9.17) is 12.2 Å². The van der Waals surface area contributed by atoms with Crippen molar-refractivity contribution in [1.82, 2.24) is 14.9 Å². The summed E-state index contributed by atoms with van der Waals surface area (Å²) >= 11 is 5.81. The number of hydrogen-bond donors (Lipinski definition) is 2. The number of pyridine rings is 1. The van der Waals surface area contributed by atoms with E-state index in [9.17, 15) is 12.8 Å². The molecule has 2 N–H and O–H groups in total. The number of halogens is 1. The predicted molar refractivity (Wildman–Crippen MR) is 143 cm³/mol. The summed E-state index contributed by atoms with van der Waals surface area (Å²) < 4.78 is 41.7. The van der Waals surface area contributed by atoms with Gasteiger partial charge in [-0.05, 0) is 91.4 Å². The number of thiocarbonyl (C=S) groups is 1. The zero-order valence-corrected chi connectivity index (χ0v) is 21.2. The average molecular weight is 522 g/mol. The van der Waals surface area contributed by atoms with Crippen LogP contribution < -0.4 is 14.9 Å². The number of anilines is 2. The Kier molecular flexibility index (Phi) is 6.23. The molecule has 0 spiro atoms. The normalized spacial score (nSPS) is 17.8. The molecule has 1 aliphatic heterocycles. The van der Waals surface area contributed by atoms with E-state index in [0.717, 1.165) is 34.6 Å². The fraction of sp³-hybridized carbons (Fsp3) is 0.154. The Morgan fingerprint density at radius 1 is 1.03 bits per heavy atom. The predicted octanol–water partition coefficient (Wildman–Crippen LogP) is 4.87. The van der Waals surface area contributed by atoms with Crippen molar-refractivity contribution in [2.45, 2.75) is 19.0 Å². The SMILES string of the molecule is Cc1cc(N2C(=S)N[C@@H](c3ccccn3)[C@H]2c2cccn2-c2ccc(F)cc2)ccc1NS(C)(=O)=O. The maximum Gasteiger partial charge on any atom is 0.229 e. The fourth-order valence-electron chi connectivity index (χ4n) is 4.52. The highest BCUT2D eigenvalue weighted by Gasteiger charge is 2.42. The van der Waals surface area contributed by atoms with Gasteiger partial charge in [0, 0.05) is 29.5 Å². The topological polar surface area (TPSA) is 79.3 Å². The third-order valence-electron chi connectivity index (χ3n) is 6.07. The lowest BCUT2D eigenvalue weighted by molar-refractivity contribution is 0.549. The molecule has 0 unspecified atom stereocenters. The van der Waals surface area contributed by atoms with E-state index in [-0.39, 0.29) is 17.9 Å². The Morgan fingerprint density at radius 2 is 1.78 bits per heavy atom. The van der Waals surface area contributed by atoms with Crippen molar-refractivity contribution in [2.75, 3.05) is 15.9 Å². The first-order valence-electron chi connectivity index (χ1n) is 11.2. The van der Waals surface area contributed by atoms with E-state index in [2.05, 4.69) is 15.0 Å². The summed E-state index contributed by atoms with van der Waals surface area (Å²) in [6.07, 6.45) is 4.80. The number of nitrogens with zero attached hydrogens (tertiary/aromatic N) is 3. The molecule has 2 aromatic carbocycles. The van der Waals surface area contributed by atoms with Gasteiger partial charge >= 0.3 is 0 Å². The van der Waals surface area contributed by atoms with Crippen molar-refractivity contribution in [2.24, 2.45) is 0 Å². The van der Waals surface area contributed by atoms with Crippen molar-refractivity contribution in [3.63, 3.8) is 0 Å². The summed E-state index contributed by atoms with van der Waals surface area (Å²) in [4.78, 5) is 6.60. The van der Waals surface area contributed by atoms with Crippen LogP contribution in [0.1, 0.15) is 29.0 Å². The second-order valence-electron chi connectivity index (χ2n) is 8.65. The van der Waals surface area contributed by atoms with Gasteiger partial charge in [-0.2, -0.15) is 0 Å². The van der Waals surface area contributed by atoms with Crippen LogP contribution in [0.25, 0.3) is 5.69 Å². The van der Waals surface area contributed by atoms with Crippen LogP contribution in [0.3, 0.4) is 0 Å². The van der Waals surface area contributed by atoms with Crippen LogP contribution in [-0.4, -0.2) is 29.3 Å². The molecule has 36 heavy (non-hydrogen) atoms. The van der Waals surface area contributed by atoms with E-state index in [1.54, 1.807) is 24.4 Å². The monoisotopic (exact) mass is 521 g/mol. The lowest BCUT2D eigenvalue weighted by Gasteiger charge is -2.29. The lowest BCUT2D eigenvalue weighted by Crippen LogP contribution is -2.30. The average Bonchev–Trinajstić information content (AvgIpc) is 3.45. The van der Waals surface area contributed by atoms with Crippen molar-refractivity contribution >= 4 is 38.7 Å². The summed E-state index contributed by atoms with van der Waals surface area (Å²) in [5.74, 6) is -0.303. The van der Waals surface area contributed by atoms with Crippen LogP contribution in [-0.2, 0) is 10.0 Å². The van der Waals surface area contributed by atoms with Gasteiger partial charge in [0.05, 0.1) is 23.7 Å². The summed E-state index contributed by atoms with van der Waals surface area (Å²) in [6, 6.07) is 21.0. The van der Waals surface area contributed by atoms with Gasteiger partial charge < -0.3 is 14.8 Å². The van der Waals surface area contributed by atoms with E-state index < -0.39 is 10.0 Å². The van der Waals surface area contributed by atoms with Crippen molar-refractivity contribution < 1.29 is 12.8 Å². The van der Waals surface area contributed by atoms with E-state index in [0.29, 0.717) is 10.8 Å². The van der Waals surface area contributed by atoms with Gasteiger partial charge in [-0.1, -0.05) is 6.07 Å². The Bertz CT molecular complexity index is 1520. The van der Waals surface area contributed by atoms with Crippen LogP contribution in [0.2, 0.25) is 0 Å². The molecular formula is C26H24FN5O2S2. The van der Waals surface area contributed by atoms with Crippen LogP contribution in [0, 0.1) is 12.7 Å².